The van der Waals surface area contributed by atoms with E-state index in [4.69, 9.17) is 11.6 Å². The number of rotatable bonds is 7. The van der Waals surface area contributed by atoms with Crippen LogP contribution in [0.4, 0.5) is 4.39 Å². The lowest BCUT2D eigenvalue weighted by Crippen LogP contribution is -2.23. The minimum Gasteiger partial charge on any atom is -0.348 e. The number of aryl methyl sites for hydroxylation is 1. The second-order valence-corrected chi connectivity index (χ2v) is 7.49. The van der Waals surface area contributed by atoms with Crippen molar-refractivity contribution in [1.82, 2.24) is 29.9 Å². The summed E-state index contributed by atoms with van der Waals surface area (Å²) in [5, 5.41) is 11.6. The van der Waals surface area contributed by atoms with Crippen LogP contribution in [0.1, 0.15) is 32.7 Å². The topological polar surface area (TPSA) is 77.6 Å². The van der Waals surface area contributed by atoms with Gasteiger partial charge in [0.05, 0.1) is 24.3 Å². The van der Waals surface area contributed by atoms with Crippen LogP contribution in [0.25, 0.3) is 0 Å². The van der Waals surface area contributed by atoms with Crippen LogP contribution in [-0.4, -0.2) is 30.5 Å². The predicted octanol–water partition coefficient (Wildman–Crippen LogP) is 3.60. The molecule has 0 fully saturated rings. The van der Waals surface area contributed by atoms with Crippen LogP contribution in [0, 0.1) is 12.7 Å². The Morgan fingerprint density at radius 1 is 1.03 bits per heavy atom. The SMILES string of the molecule is Cc1nn(Cc2ccc(F)cc2)c(Cl)c1C(=O)NCc1ccc(Cn2cncn2)cc1. The van der Waals surface area contributed by atoms with E-state index in [-0.39, 0.29) is 16.9 Å². The van der Waals surface area contributed by atoms with Gasteiger partial charge in [-0.25, -0.2) is 18.7 Å². The zero-order valence-corrected chi connectivity index (χ0v) is 17.6. The molecule has 0 saturated heterocycles. The van der Waals surface area contributed by atoms with Crippen molar-refractivity contribution in [2.24, 2.45) is 0 Å². The van der Waals surface area contributed by atoms with E-state index >= 15 is 0 Å². The third kappa shape index (κ3) is 4.97. The van der Waals surface area contributed by atoms with Gasteiger partial charge in [-0.1, -0.05) is 48.0 Å². The van der Waals surface area contributed by atoms with Crippen LogP contribution < -0.4 is 5.32 Å². The Bertz CT molecular complexity index is 1170. The molecule has 0 bridgehead atoms. The number of aromatic nitrogens is 5. The number of nitrogens with one attached hydrogen (secondary N) is 1. The van der Waals surface area contributed by atoms with E-state index in [0.717, 1.165) is 16.7 Å². The zero-order valence-electron chi connectivity index (χ0n) is 16.8. The Morgan fingerprint density at radius 3 is 2.35 bits per heavy atom. The Kier molecular flexibility index (Phi) is 6.08. The number of hydrogen-bond donors (Lipinski definition) is 1. The van der Waals surface area contributed by atoms with Gasteiger partial charge in [0.15, 0.2) is 0 Å². The molecule has 7 nitrogen and oxygen atoms in total. The van der Waals surface area contributed by atoms with E-state index in [1.54, 1.807) is 30.1 Å². The van der Waals surface area contributed by atoms with Crippen LogP contribution in [0.2, 0.25) is 5.15 Å². The molecule has 0 saturated carbocycles. The molecule has 4 rings (SSSR count). The van der Waals surface area contributed by atoms with Gasteiger partial charge in [-0.2, -0.15) is 10.2 Å². The van der Waals surface area contributed by atoms with E-state index in [0.29, 0.717) is 30.9 Å². The molecule has 2 heterocycles. The fraction of sp³-hybridized carbons (Fsp3) is 0.182. The minimum absolute atomic E-state index is 0.252. The molecular weight excluding hydrogens is 419 g/mol. The molecule has 4 aromatic rings. The van der Waals surface area contributed by atoms with Gasteiger partial charge in [0.1, 0.15) is 23.6 Å². The fourth-order valence-corrected chi connectivity index (χ4v) is 3.53. The average molecular weight is 439 g/mol. The zero-order chi connectivity index (χ0) is 21.8. The maximum absolute atomic E-state index is 13.1. The van der Waals surface area contributed by atoms with Gasteiger partial charge in [0.2, 0.25) is 0 Å². The molecule has 0 unspecified atom stereocenters. The van der Waals surface area contributed by atoms with Crippen molar-refractivity contribution in [3.8, 4) is 0 Å². The number of benzene rings is 2. The number of hydrogen-bond acceptors (Lipinski definition) is 4. The van der Waals surface area contributed by atoms with Crippen molar-refractivity contribution in [2.75, 3.05) is 0 Å². The highest BCUT2D eigenvalue weighted by molar-refractivity contribution is 6.33. The summed E-state index contributed by atoms with van der Waals surface area (Å²) in [6.45, 7) is 3.08. The molecule has 0 atom stereocenters. The maximum atomic E-state index is 13.1. The molecule has 31 heavy (non-hydrogen) atoms. The molecule has 2 aromatic heterocycles. The Labute approximate surface area is 183 Å². The standard InChI is InChI=1S/C22H20ClFN6O/c1-15-20(21(23)30(28-15)12-18-6-8-19(24)9-7-18)22(31)26-10-16-2-4-17(5-3-16)11-29-14-25-13-27-29/h2-9,13-14H,10-12H2,1H3,(H,26,31). The molecule has 9 heteroatoms. The molecular formula is C22H20ClFN6O. The Hall–Kier alpha value is -3.52. The summed E-state index contributed by atoms with van der Waals surface area (Å²) in [6, 6.07) is 14.0. The van der Waals surface area contributed by atoms with Crippen molar-refractivity contribution in [2.45, 2.75) is 26.6 Å². The second kappa shape index (κ2) is 9.09. The van der Waals surface area contributed by atoms with E-state index in [1.807, 2.05) is 24.3 Å². The highest BCUT2D eigenvalue weighted by Crippen LogP contribution is 2.21. The van der Waals surface area contributed by atoms with Gasteiger partial charge >= 0.3 is 0 Å². The molecule has 1 N–H and O–H groups in total. The quantitative estimate of drug-likeness (QED) is 0.478. The number of nitrogens with zero attached hydrogens (tertiary/aromatic N) is 5. The molecule has 0 aliphatic heterocycles. The lowest BCUT2D eigenvalue weighted by molar-refractivity contribution is 0.0950. The summed E-state index contributed by atoms with van der Waals surface area (Å²) in [5.74, 6) is -0.600. The molecule has 0 spiro atoms. The largest absolute Gasteiger partial charge is 0.348 e. The normalized spacial score (nSPS) is 10.9. The first kappa shape index (κ1) is 20.7. The number of carbonyl (C=O) groups excluding carboxylic acids is 1. The minimum atomic E-state index is -0.307. The van der Waals surface area contributed by atoms with Crippen LogP contribution in [0.3, 0.4) is 0 Å². The fourth-order valence-electron chi connectivity index (χ4n) is 3.21. The molecule has 158 valence electrons. The summed E-state index contributed by atoms with van der Waals surface area (Å²) in [4.78, 5) is 16.7. The summed E-state index contributed by atoms with van der Waals surface area (Å²) < 4.78 is 16.4. The Morgan fingerprint density at radius 2 is 1.68 bits per heavy atom. The summed E-state index contributed by atoms with van der Waals surface area (Å²) >= 11 is 6.43. The van der Waals surface area contributed by atoms with Crippen molar-refractivity contribution >= 4 is 17.5 Å². The smallest absolute Gasteiger partial charge is 0.256 e. The van der Waals surface area contributed by atoms with Gasteiger partial charge in [-0.15, -0.1) is 0 Å². The Balaban J connectivity index is 1.39. The average Bonchev–Trinajstić information content (AvgIpc) is 3.36. The summed E-state index contributed by atoms with van der Waals surface area (Å²) in [6.07, 6.45) is 3.16. The first-order chi connectivity index (χ1) is 15.0. The van der Waals surface area contributed by atoms with Gasteiger partial charge in [0, 0.05) is 6.54 Å². The highest BCUT2D eigenvalue weighted by atomic mass is 35.5. The van der Waals surface area contributed by atoms with E-state index in [9.17, 15) is 9.18 Å². The van der Waals surface area contributed by atoms with Crippen molar-refractivity contribution in [3.05, 3.63) is 100 Å². The third-order valence-corrected chi connectivity index (χ3v) is 5.21. The summed E-state index contributed by atoms with van der Waals surface area (Å²) in [7, 11) is 0. The molecule has 0 aliphatic rings. The maximum Gasteiger partial charge on any atom is 0.256 e. The van der Waals surface area contributed by atoms with E-state index in [1.165, 1.54) is 23.1 Å². The van der Waals surface area contributed by atoms with Crippen molar-refractivity contribution < 1.29 is 9.18 Å². The number of amides is 1. The molecule has 0 radical (unpaired) electrons. The van der Waals surface area contributed by atoms with Crippen LogP contribution in [0.5, 0.6) is 0 Å². The lowest BCUT2D eigenvalue weighted by atomic mass is 10.1. The first-order valence-electron chi connectivity index (χ1n) is 9.65. The third-order valence-electron chi connectivity index (χ3n) is 4.83. The molecule has 0 aliphatic carbocycles. The predicted molar refractivity (Wildman–Crippen MR) is 114 cm³/mol. The van der Waals surface area contributed by atoms with E-state index < -0.39 is 0 Å². The lowest BCUT2D eigenvalue weighted by Gasteiger charge is -2.07. The van der Waals surface area contributed by atoms with Gasteiger partial charge in [-0.05, 0) is 35.7 Å². The van der Waals surface area contributed by atoms with Crippen LogP contribution in [0.15, 0.2) is 61.2 Å². The summed E-state index contributed by atoms with van der Waals surface area (Å²) in [5.41, 5.74) is 3.76. The first-order valence-corrected chi connectivity index (χ1v) is 10.0. The molecule has 2 aromatic carbocycles. The van der Waals surface area contributed by atoms with Crippen LogP contribution >= 0.6 is 11.6 Å². The van der Waals surface area contributed by atoms with Gasteiger partial charge in [0.25, 0.3) is 5.91 Å². The van der Waals surface area contributed by atoms with Gasteiger partial charge < -0.3 is 5.32 Å². The van der Waals surface area contributed by atoms with Crippen molar-refractivity contribution in [3.63, 3.8) is 0 Å². The number of halogens is 2. The second-order valence-electron chi connectivity index (χ2n) is 7.13. The van der Waals surface area contributed by atoms with Crippen LogP contribution in [-0.2, 0) is 19.6 Å². The van der Waals surface area contributed by atoms with Crippen molar-refractivity contribution in [1.29, 1.82) is 0 Å². The van der Waals surface area contributed by atoms with E-state index in [2.05, 4.69) is 20.5 Å². The monoisotopic (exact) mass is 438 g/mol. The van der Waals surface area contributed by atoms with Gasteiger partial charge in [-0.3, -0.25) is 4.79 Å². The highest BCUT2D eigenvalue weighted by Gasteiger charge is 2.20. The number of carbonyl (C=O) groups is 1. The molecule has 1 amide bonds.